The van der Waals surface area contributed by atoms with Crippen molar-refractivity contribution in [2.75, 3.05) is 6.54 Å². The summed E-state index contributed by atoms with van der Waals surface area (Å²) in [4.78, 5) is 24.9. The zero-order chi connectivity index (χ0) is 16.8. The lowest BCUT2D eigenvalue weighted by molar-refractivity contribution is -0.148. The molecule has 2 fully saturated rings. The van der Waals surface area contributed by atoms with Gasteiger partial charge in [0.15, 0.2) is 0 Å². The number of halogens is 3. The summed E-state index contributed by atoms with van der Waals surface area (Å²) in [6.07, 6.45) is -2.86. The average molecular weight is 327 g/mol. The molecule has 0 unspecified atom stereocenters. The molecule has 1 aromatic rings. The van der Waals surface area contributed by atoms with Gasteiger partial charge in [-0.15, -0.1) is 0 Å². The van der Waals surface area contributed by atoms with Gasteiger partial charge in [0.2, 0.25) is 5.91 Å². The predicted molar refractivity (Wildman–Crippen MR) is 74.7 cm³/mol. The molecule has 1 saturated heterocycles. The van der Waals surface area contributed by atoms with E-state index in [0.29, 0.717) is 31.4 Å². The van der Waals surface area contributed by atoms with Gasteiger partial charge in [-0.1, -0.05) is 18.2 Å². The number of benzene rings is 1. The van der Waals surface area contributed by atoms with Gasteiger partial charge < -0.3 is 10.0 Å². The van der Waals surface area contributed by atoms with E-state index in [1.807, 2.05) is 0 Å². The fraction of sp³-hybridized carbons (Fsp3) is 0.500. The molecule has 0 bridgehead atoms. The molecule has 1 aromatic carbocycles. The Kier molecular flexibility index (Phi) is 3.82. The van der Waals surface area contributed by atoms with Crippen LogP contribution in [0.1, 0.15) is 36.3 Å². The number of amides is 1. The standard InChI is InChI=1S/C16H16F3NO3/c17-16(18,19)10-4-1-3-9(7-10)11-8-12(11)14(21)20-6-2-5-13(20)15(22)23/h1,3-4,7,11-13H,2,5-6,8H2,(H,22,23)/t11-,12-,13-/m0/s1. The Morgan fingerprint density at radius 3 is 2.65 bits per heavy atom. The molecule has 7 heteroatoms. The van der Waals surface area contributed by atoms with Crippen molar-refractivity contribution in [3.05, 3.63) is 35.4 Å². The van der Waals surface area contributed by atoms with E-state index in [2.05, 4.69) is 0 Å². The summed E-state index contributed by atoms with van der Waals surface area (Å²) in [5, 5.41) is 9.12. The average Bonchev–Trinajstić information content (AvgIpc) is 3.13. The van der Waals surface area contributed by atoms with Crippen molar-refractivity contribution in [1.82, 2.24) is 4.90 Å². The van der Waals surface area contributed by atoms with Crippen LogP contribution in [0.5, 0.6) is 0 Å². The molecule has 3 rings (SSSR count). The number of nitrogens with zero attached hydrogens (tertiary/aromatic N) is 1. The van der Waals surface area contributed by atoms with Crippen LogP contribution in [-0.4, -0.2) is 34.5 Å². The van der Waals surface area contributed by atoms with E-state index in [1.54, 1.807) is 6.07 Å². The molecule has 124 valence electrons. The molecule has 4 nitrogen and oxygen atoms in total. The van der Waals surface area contributed by atoms with Crippen molar-refractivity contribution >= 4 is 11.9 Å². The fourth-order valence-corrected chi connectivity index (χ4v) is 3.28. The van der Waals surface area contributed by atoms with Crippen molar-refractivity contribution in [1.29, 1.82) is 0 Å². The number of carboxylic acid groups (broad SMARTS) is 1. The maximum atomic E-state index is 12.8. The summed E-state index contributed by atoms with van der Waals surface area (Å²) in [6.45, 7) is 0.404. The monoisotopic (exact) mass is 327 g/mol. The van der Waals surface area contributed by atoms with E-state index in [-0.39, 0.29) is 11.8 Å². The minimum Gasteiger partial charge on any atom is -0.480 e. The number of likely N-dealkylation sites (tertiary alicyclic amines) is 1. The number of carbonyl (C=O) groups excluding carboxylic acids is 1. The van der Waals surface area contributed by atoms with Crippen molar-refractivity contribution in [3.8, 4) is 0 Å². The molecule has 1 aliphatic carbocycles. The van der Waals surface area contributed by atoms with Gasteiger partial charge in [-0.3, -0.25) is 4.79 Å². The lowest BCUT2D eigenvalue weighted by Crippen LogP contribution is -2.41. The van der Waals surface area contributed by atoms with Gasteiger partial charge in [0.1, 0.15) is 6.04 Å². The second-order valence-electron chi connectivity index (χ2n) is 6.10. The molecule has 3 atom stereocenters. The van der Waals surface area contributed by atoms with Crippen LogP contribution in [0.4, 0.5) is 13.2 Å². The Balaban J connectivity index is 1.72. The van der Waals surface area contributed by atoms with Gasteiger partial charge in [0.25, 0.3) is 0 Å². The van der Waals surface area contributed by atoms with Crippen LogP contribution in [0, 0.1) is 5.92 Å². The summed E-state index contributed by atoms with van der Waals surface area (Å²) >= 11 is 0. The molecule has 0 spiro atoms. The van der Waals surface area contributed by atoms with Crippen LogP contribution in [0.15, 0.2) is 24.3 Å². The van der Waals surface area contributed by atoms with Crippen LogP contribution in [0.2, 0.25) is 0 Å². The van der Waals surface area contributed by atoms with Gasteiger partial charge in [-0.05, 0) is 36.8 Å². The predicted octanol–water partition coefficient (Wildman–Crippen LogP) is 2.88. The lowest BCUT2D eigenvalue weighted by atomic mass is 10.0. The van der Waals surface area contributed by atoms with Crippen LogP contribution in [0.25, 0.3) is 0 Å². The van der Waals surface area contributed by atoms with Crippen LogP contribution < -0.4 is 0 Å². The third-order valence-electron chi connectivity index (χ3n) is 4.57. The molecule has 1 aliphatic heterocycles. The summed E-state index contributed by atoms with van der Waals surface area (Å²) in [6, 6.07) is 4.21. The summed E-state index contributed by atoms with van der Waals surface area (Å²) < 4.78 is 38.3. The Morgan fingerprint density at radius 2 is 2.00 bits per heavy atom. The molecule has 1 saturated carbocycles. The second-order valence-corrected chi connectivity index (χ2v) is 6.10. The first-order valence-corrected chi connectivity index (χ1v) is 7.49. The van der Waals surface area contributed by atoms with Gasteiger partial charge in [0.05, 0.1) is 5.56 Å². The largest absolute Gasteiger partial charge is 0.480 e. The Hall–Kier alpha value is -2.05. The number of alkyl halides is 3. The Bertz CT molecular complexity index is 644. The van der Waals surface area contributed by atoms with Gasteiger partial charge >= 0.3 is 12.1 Å². The molecular weight excluding hydrogens is 311 g/mol. The lowest BCUT2D eigenvalue weighted by Gasteiger charge is -2.21. The van der Waals surface area contributed by atoms with E-state index < -0.39 is 29.7 Å². The van der Waals surface area contributed by atoms with E-state index in [4.69, 9.17) is 5.11 Å². The number of carboxylic acids is 1. The quantitative estimate of drug-likeness (QED) is 0.929. The van der Waals surface area contributed by atoms with E-state index in [1.165, 1.54) is 11.0 Å². The minimum atomic E-state index is -4.41. The first-order valence-electron chi connectivity index (χ1n) is 7.49. The third-order valence-corrected chi connectivity index (χ3v) is 4.57. The Morgan fingerprint density at radius 1 is 1.26 bits per heavy atom. The highest BCUT2D eigenvalue weighted by Crippen LogP contribution is 2.49. The minimum absolute atomic E-state index is 0.250. The van der Waals surface area contributed by atoms with Gasteiger partial charge in [-0.2, -0.15) is 13.2 Å². The molecule has 2 aliphatic rings. The maximum Gasteiger partial charge on any atom is 0.416 e. The Labute approximate surface area is 130 Å². The summed E-state index contributed by atoms with van der Waals surface area (Å²) in [5.74, 6) is -1.93. The third kappa shape index (κ3) is 3.04. The van der Waals surface area contributed by atoms with Crippen molar-refractivity contribution in [3.63, 3.8) is 0 Å². The number of hydrogen-bond acceptors (Lipinski definition) is 2. The van der Waals surface area contributed by atoms with Crippen LogP contribution in [-0.2, 0) is 15.8 Å². The first-order chi connectivity index (χ1) is 10.8. The first kappa shape index (κ1) is 15.8. The van der Waals surface area contributed by atoms with Gasteiger partial charge in [0, 0.05) is 12.5 Å². The molecule has 1 heterocycles. The van der Waals surface area contributed by atoms with E-state index >= 15 is 0 Å². The molecule has 0 radical (unpaired) electrons. The zero-order valence-corrected chi connectivity index (χ0v) is 12.2. The highest BCUT2D eigenvalue weighted by molar-refractivity contribution is 5.88. The van der Waals surface area contributed by atoms with Crippen molar-refractivity contribution in [2.24, 2.45) is 5.92 Å². The topological polar surface area (TPSA) is 57.6 Å². The van der Waals surface area contributed by atoms with E-state index in [0.717, 1.165) is 12.1 Å². The maximum absolute atomic E-state index is 12.8. The van der Waals surface area contributed by atoms with Crippen LogP contribution in [0.3, 0.4) is 0 Å². The smallest absolute Gasteiger partial charge is 0.416 e. The highest BCUT2D eigenvalue weighted by Gasteiger charge is 2.49. The molecule has 1 amide bonds. The summed E-state index contributed by atoms with van der Waals surface area (Å²) in [5.41, 5.74) is -0.234. The normalized spacial score (nSPS) is 27.1. The van der Waals surface area contributed by atoms with Crippen LogP contribution >= 0.6 is 0 Å². The van der Waals surface area contributed by atoms with Gasteiger partial charge in [-0.25, -0.2) is 4.79 Å². The molecule has 23 heavy (non-hydrogen) atoms. The zero-order valence-electron chi connectivity index (χ0n) is 12.2. The SMILES string of the molecule is O=C(O)[C@@H]1CCCN1C(=O)[C@H]1C[C@H]1c1cccc(C(F)(F)F)c1. The molecular formula is C16H16F3NO3. The number of carbonyl (C=O) groups is 2. The molecule has 0 aromatic heterocycles. The summed E-state index contributed by atoms with van der Waals surface area (Å²) in [7, 11) is 0. The highest BCUT2D eigenvalue weighted by atomic mass is 19.4. The van der Waals surface area contributed by atoms with Crippen molar-refractivity contribution in [2.45, 2.75) is 37.4 Å². The number of hydrogen-bond donors (Lipinski definition) is 1. The van der Waals surface area contributed by atoms with E-state index in [9.17, 15) is 22.8 Å². The second kappa shape index (κ2) is 5.54. The fourth-order valence-electron chi connectivity index (χ4n) is 3.28. The van der Waals surface area contributed by atoms with Crippen molar-refractivity contribution < 1.29 is 27.9 Å². The number of aliphatic carboxylic acids is 1. The number of rotatable bonds is 3. The molecule has 1 N–H and O–H groups in total.